The quantitative estimate of drug-likeness (QED) is 0.324. The molecule has 0 fully saturated rings. The third kappa shape index (κ3) is 3.05. The molecule has 1 amide bonds. The molecular weight excluding hydrogens is 340 g/mol. The van der Waals surface area contributed by atoms with E-state index in [1.165, 1.54) is 6.07 Å². The minimum absolute atomic E-state index is 0.0331. The SMILES string of the molecule is CC(=NNC(=O)c1ccc(O)c([N+](=O)[O-])c1)c1c(O)[nH]c2ccccc12. The number of hydrogen-bond acceptors (Lipinski definition) is 6. The number of nitrogens with one attached hydrogen (secondary N) is 2. The highest BCUT2D eigenvalue weighted by Crippen LogP contribution is 2.28. The van der Waals surface area contributed by atoms with Gasteiger partial charge < -0.3 is 15.2 Å². The Balaban J connectivity index is 1.87. The Hall–Kier alpha value is -3.88. The average molecular weight is 354 g/mol. The standard InChI is InChI=1S/C17H14N4O5/c1-9(15-11-4-2-3-5-12(11)18-17(15)24)19-20-16(23)10-6-7-14(22)13(8-10)21(25)26/h2-8,18,22,24H,1H3,(H,20,23). The number of para-hydroxylation sites is 1. The summed E-state index contributed by atoms with van der Waals surface area (Å²) in [5.74, 6) is -1.30. The number of aromatic amines is 1. The Bertz CT molecular complexity index is 1050. The van der Waals surface area contributed by atoms with Crippen molar-refractivity contribution in [2.24, 2.45) is 5.10 Å². The van der Waals surface area contributed by atoms with Gasteiger partial charge >= 0.3 is 5.69 Å². The molecule has 0 saturated heterocycles. The number of aromatic nitrogens is 1. The van der Waals surface area contributed by atoms with Gasteiger partial charge in [-0.25, -0.2) is 5.43 Å². The second-order valence-corrected chi connectivity index (χ2v) is 5.49. The Morgan fingerprint density at radius 1 is 1.23 bits per heavy atom. The van der Waals surface area contributed by atoms with Crippen molar-refractivity contribution in [2.75, 3.05) is 0 Å². The molecule has 0 bridgehead atoms. The summed E-state index contributed by atoms with van der Waals surface area (Å²) in [6.45, 7) is 1.61. The number of hydrogen-bond donors (Lipinski definition) is 4. The van der Waals surface area contributed by atoms with Crippen LogP contribution in [0.4, 0.5) is 5.69 Å². The van der Waals surface area contributed by atoms with Crippen LogP contribution in [-0.4, -0.2) is 31.7 Å². The smallest absolute Gasteiger partial charge is 0.311 e. The topological polar surface area (TPSA) is 141 Å². The zero-order chi connectivity index (χ0) is 18.8. The fourth-order valence-electron chi connectivity index (χ4n) is 2.56. The molecule has 0 aliphatic carbocycles. The fraction of sp³-hybridized carbons (Fsp3) is 0.0588. The first-order valence-electron chi connectivity index (χ1n) is 7.50. The molecule has 0 unspecified atom stereocenters. The van der Waals surface area contributed by atoms with Crippen LogP contribution in [0.5, 0.6) is 11.6 Å². The lowest BCUT2D eigenvalue weighted by molar-refractivity contribution is -0.385. The van der Waals surface area contributed by atoms with Gasteiger partial charge in [0.2, 0.25) is 0 Å². The second-order valence-electron chi connectivity index (χ2n) is 5.49. The normalized spacial score (nSPS) is 11.5. The van der Waals surface area contributed by atoms with Crippen molar-refractivity contribution in [3.8, 4) is 11.6 Å². The van der Waals surface area contributed by atoms with Crippen molar-refractivity contribution >= 4 is 28.2 Å². The predicted octanol–water partition coefficient (Wildman–Crippen LogP) is 2.64. The molecule has 9 nitrogen and oxygen atoms in total. The van der Waals surface area contributed by atoms with Gasteiger partial charge in [0.05, 0.1) is 16.2 Å². The summed E-state index contributed by atoms with van der Waals surface area (Å²) >= 11 is 0. The van der Waals surface area contributed by atoms with Gasteiger partial charge in [-0.1, -0.05) is 18.2 Å². The van der Waals surface area contributed by atoms with Crippen LogP contribution in [0.15, 0.2) is 47.6 Å². The predicted molar refractivity (Wildman–Crippen MR) is 94.4 cm³/mol. The van der Waals surface area contributed by atoms with Gasteiger partial charge in [0.25, 0.3) is 5.91 Å². The number of phenolic OH excluding ortho intramolecular Hbond substituents is 1. The lowest BCUT2D eigenvalue weighted by Crippen LogP contribution is -2.19. The van der Waals surface area contributed by atoms with Crippen LogP contribution in [0.1, 0.15) is 22.8 Å². The number of nitro benzene ring substituents is 1. The number of rotatable bonds is 4. The molecule has 0 aliphatic rings. The molecule has 4 N–H and O–H groups in total. The van der Waals surface area contributed by atoms with Crippen molar-refractivity contribution in [3.05, 3.63) is 63.7 Å². The first-order valence-corrected chi connectivity index (χ1v) is 7.50. The highest BCUT2D eigenvalue weighted by atomic mass is 16.6. The second kappa shape index (κ2) is 6.55. The van der Waals surface area contributed by atoms with E-state index in [1.54, 1.807) is 25.1 Å². The van der Waals surface area contributed by atoms with E-state index in [0.717, 1.165) is 23.0 Å². The number of aromatic hydroxyl groups is 2. The number of nitrogens with zero attached hydrogens (tertiary/aromatic N) is 2. The highest BCUT2D eigenvalue weighted by molar-refractivity contribution is 6.12. The maximum Gasteiger partial charge on any atom is 0.311 e. The van der Waals surface area contributed by atoms with Gasteiger partial charge in [-0.15, -0.1) is 0 Å². The lowest BCUT2D eigenvalue weighted by atomic mass is 10.1. The van der Waals surface area contributed by atoms with Gasteiger partial charge in [-0.3, -0.25) is 14.9 Å². The van der Waals surface area contributed by atoms with Gasteiger partial charge in [0, 0.05) is 22.5 Å². The Kier molecular flexibility index (Phi) is 4.27. The monoisotopic (exact) mass is 354 g/mol. The molecule has 1 heterocycles. The fourth-order valence-corrected chi connectivity index (χ4v) is 2.56. The largest absolute Gasteiger partial charge is 0.502 e. The number of carbonyl (C=O) groups is 1. The zero-order valence-corrected chi connectivity index (χ0v) is 13.6. The van der Waals surface area contributed by atoms with Crippen LogP contribution >= 0.6 is 0 Å². The van der Waals surface area contributed by atoms with Gasteiger partial charge in [0.15, 0.2) is 11.6 Å². The summed E-state index contributed by atoms with van der Waals surface area (Å²) in [4.78, 5) is 25.0. The minimum Gasteiger partial charge on any atom is -0.502 e. The molecule has 3 aromatic rings. The third-order valence-electron chi connectivity index (χ3n) is 3.81. The van der Waals surface area contributed by atoms with E-state index in [2.05, 4.69) is 15.5 Å². The summed E-state index contributed by atoms with van der Waals surface area (Å²) in [5, 5.41) is 35.0. The van der Waals surface area contributed by atoms with Gasteiger partial charge in [-0.2, -0.15) is 5.10 Å². The Morgan fingerprint density at radius 3 is 2.69 bits per heavy atom. The summed E-state index contributed by atoms with van der Waals surface area (Å²) in [7, 11) is 0. The summed E-state index contributed by atoms with van der Waals surface area (Å²) in [6, 6.07) is 10.5. The van der Waals surface area contributed by atoms with Crippen LogP contribution in [0.2, 0.25) is 0 Å². The number of nitro groups is 1. The number of amides is 1. The molecule has 132 valence electrons. The number of hydrazone groups is 1. The Labute approximate surface area is 146 Å². The molecule has 0 saturated carbocycles. The zero-order valence-electron chi connectivity index (χ0n) is 13.6. The third-order valence-corrected chi connectivity index (χ3v) is 3.81. The van der Waals surface area contributed by atoms with Crippen molar-refractivity contribution in [3.63, 3.8) is 0 Å². The maximum atomic E-state index is 12.2. The van der Waals surface area contributed by atoms with Crippen LogP contribution in [-0.2, 0) is 0 Å². The maximum absolute atomic E-state index is 12.2. The van der Waals surface area contributed by atoms with E-state index in [4.69, 9.17) is 0 Å². The van der Waals surface area contributed by atoms with Crippen molar-refractivity contribution < 1.29 is 19.9 Å². The van der Waals surface area contributed by atoms with E-state index >= 15 is 0 Å². The number of phenols is 1. The average Bonchev–Trinajstić information content (AvgIpc) is 2.95. The highest BCUT2D eigenvalue weighted by Gasteiger charge is 2.17. The number of carbonyl (C=O) groups excluding carboxylic acids is 1. The molecule has 0 aliphatic heterocycles. The van der Waals surface area contributed by atoms with E-state index in [-0.39, 0.29) is 11.4 Å². The molecule has 9 heteroatoms. The van der Waals surface area contributed by atoms with E-state index in [1.807, 2.05) is 6.07 Å². The van der Waals surface area contributed by atoms with Crippen molar-refractivity contribution in [1.29, 1.82) is 0 Å². The molecule has 0 radical (unpaired) electrons. The van der Waals surface area contributed by atoms with Crippen molar-refractivity contribution in [2.45, 2.75) is 6.92 Å². The molecule has 0 atom stereocenters. The van der Waals surface area contributed by atoms with E-state index in [9.17, 15) is 25.1 Å². The molecule has 26 heavy (non-hydrogen) atoms. The minimum atomic E-state index is -0.787. The Morgan fingerprint density at radius 2 is 1.96 bits per heavy atom. The molecule has 2 aromatic carbocycles. The molecular formula is C17H14N4O5. The first-order chi connectivity index (χ1) is 12.4. The van der Waals surface area contributed by atoms with Crippen molar-refractivity contribution in [1.82, 2.24) is 10.4 Å². The van der Waals surface area contributed by atoms with E-state index < -0.39 is 22.3 Å². The van der Waals surface area contributed by atoms with Crippen LogP contribution in [0.25, 0.3) is 10.9 Å². The summed E-state index contributed by atoms with van der Waals surface area (Å²) < 4.78 is 0. The number of H-pyrrole nitrogens is 1. The first kappa shape index (κ1) is 17.0. The molecule has 3 rings (SSSR count). The lowest BCUT2D eigenvalue weighted by Gasteiger charge is -2.04. The van der Waals surface area contributed by atoms with Crippen LogP contribution < -0.4 is 5.43 Å². The number of benzene rings is 2. The number of fused-ring (bicyclic) bond motifs is 1. The van der Waals surface area contributed by atoms with Crippen LogP contribution in [0, 0.1) is 10.1 Å². The molecule has 0 spiro atoms. The van der Waals surface area contributed by atoms with E-state index in [0.29, 0.717) is 11.3 Å². The van der Waals surface area contributed by atoms with Gasteiger partial charge in [-0.05, 0) is 25.1 Å². The van der Waals surface area contributed by atoms with Gasteiger partial charge in [0.1, 0.15) is 0 Å². The summed E-state index contributed by atoms with van der Waals surface area (Å²) in [5.41, 5.74) is 3.18. The molecule has 1 aromatic heterocycles. The summed E-state index contributed by atoms with van der Waals surface area (Å²) in [6.07, 6.45) is 0. The van der Waals surface area contributed by atoms with Crippen LogP contribution in [0.3, 0.4) is 0 Å².